The number of aromatic nitrogens is 1. The largest absolute Gasteiger partial charge is 0.379 e. The number of benzene rings is 1. The number of likely N-dealkylation sites (tertiary alicyclic amines) is 1. The lowest BCUT2D eigenvalue weighted by Gasteiger charge is -2.29. The molecule has 2 saturated heterocycles. The second kappa shape index (κ2) is 7.48. The number of thiazole rings is 1. The highest BCUT2D eigenvalue weighted by molar-refractivity contribution is 7.18. The molecule has 4 nitrogen and oxygen atoms in total. The van der Waals surface area contributed by atoms with E-state index < -0.39 is 0 Å². The van der Waals surface area contributed by atoms with Crippen LogP contribution in [-0.4, -0.2) is 66.8 Å². The molecule has 0 unspecified atom stereocenters. The number of fused-ring (bicyclic) bond motifs is 1. The molecule has 0 amide bonds. The number of ether oxygens (including phenoxy) is 1. The Morgan fingerprint density at radius 2 is 2.08 bits per heavy atom. The Morgan fingerprint density at radius 3 is 2.92 bits per heavy atom. The Hall–Kier alpha value is -1.01. The molecule has 3 heterocycles. The summed E-state index contributed by atoms with van der Waals surface area (Å²) in [5.74, 6) is 0.820. The minimum Gasteiger partial charge on any atom is -0.379 e. The van der Waals surface area contributed by atoms with E-state index in [2.05, 4.69) is 41.0 Å². The summed E-state index contributed by atoms with van der Waals surface area (Å²) < 4.78 is 6.77. The van der Waals surface area contributed by atoms with E-state index in [1.807, 2.05) is 11.3 Å². The van der Waals surface area contributed by atoms with Crippen LogP contribution >= 0.6 is 11.3 Å². The maximum absolute atomic E-state index is 5.46. The Labute approximate surface area is 148 Å². The monoisotopic (exact) mass is 345 g/mol. The van der Waals surface area contributed by atoms with Crippen LogP contribution in [0.1, 0.15) is 18.4 Å². The summed E-state index contributed by atoms with van der Waals surface area (Å²) in [4.78, 5) is 10.0. The van der Waals surface area contributed by atoms with Gasteiger partial charge < -0.3 is 4.74 Å². The van der Waals surface area contributed by atoms with Gasteiger partial charge in [-0.1, -0.05) is 12.1 Å². The van der Waals surface area contributed by atoms with Crippen molar-refractivity contribution in [2.45, 2.75) is 25.8 Å². The molecule has 130 valence electrons. The normalized spacial score (nSPS) is 24.6. The zero-order valence-electron chi connectivity index (χ0n) is 14.5. The second-order valence-corrected chi connectivity index (χ2v) is 8.31. The van der Waals surface area contributed by atoms with Gasteiger partial charge in [0.25, 0.3) is 0 Å². The van der Waals surface area contributed by atoms with Crippen molar-refractivity contribution in [1.29, 1.82) is 0 Å². The van der Waals surface area contributed by atoms with Gasteiger partial charge in [-0.15, -0.1) is 11.3 Å². The molecule has 2 aliphatic heterocycles. The molecule has 0 aliphatic carbocycles. The van der Waals surface area contributed by atoms with Crippen LogP contribution in [0.4, 0.5) is 0 Å². The fourth-order valence-corrected chi connectivity index (χ4v) is 5.04. The van der Waals surface area contributed by atoms with Crippen LogP contribution in [-0.2, 0) is 11.2 Å². The zero-order chi connectivity index (χ0) is 16.4. The first-order chi connectivity index (χ1) is 11.8. The first-order valence-corrected chi connectivity index (χ1v) is 9.98. The van der Waals surface area contributed by atoms with Gasteiger partial charge in [0.1, 0.15) is 0 Å². The van der Waals surface area contributed by atoms with Gasteiger partial charge >= 0.3 is 0 Å². The fourth-order valence-electron chi connectivity index (χ4n) is 3.95. The molecule has 4 rings (SSSR count). The van der Waals surface area contributed by atoms with Crippen LogP contribution in [0, 0.1) is 5.92 Å². The quantitative estimate of drug-likeness (QED) is 0.833. The lowest BCUT2D eigenvalue weighted by Crippen LogP contribution is -2.40. The third-order valence-corrected chi connectivity index (χ3v) is 6.43. The molecular formula is C19H27N3OS. The van der Waals surface area contributed by atoms with Crippen molar-refractivity contribution in [3.63, 3.8) is 0 Å². The van der Waals surface area contributed by atoms with Crippen LogP contribution in [0.25, 0.3) is 10.2 Å². The average molecular weight is 346 g/mol. The van der Waals surface area contributed by atoms with Crippen LogP contribution < -0.4 is 0 Å². The van der Waals surface area contributed by atoms with Gasteiger partial charge in [-0.05, 0) is 37.9 Å². The minimum absolute atomic E-state index is 0.584. The number of para-hydroxylation sites is 1. The van der Waals surface area contributed by atoms with Gasteiger partial charge in [-0.25, -0.2) is 4.98 Å². The van der Waals surface area contributed by atoms with Crippen molar-refractivity contribution in [2.75, 3.05) is 45.9 Å². The summed E-state index contributed by atoms with van der Waals surface area (Å²) in [5.41, 5.74) is 1.15. The van der Waals surface area contributed by atoms with Gasteiger partial charge in [-0.3, -0.25) is 9.80 Å². The number of rotatable bonds is 5. The van der Waals surface area contributed by atoms with Gasteiger partial charge in [0.05, 0.1) is 28.4 Å². The van der Waals surface area contributed by atoms with Crippen LogP contribution in [0.2, 0.25) is 0 Å². The van der Waals surface area contributed by atoms with Crippen molar-refractivity contribution in [3.8, 4) is 0 Å². The predicted octanol–water partition coefficient (Wildman–Crippen LogP) is 2.88. The molecule has 2 atom stereocenters. The van der Waals surface area contributed by atoms with Crippen LogP contribution in [0.5, 0.6) is 0 Å². The summed E-state index contributed by atoms with van der Waals surface area (Å²) in [6.07, 6.45) is 2.41. The predicted molar refractivity (Wildman–Crippen MR) is 99.7 cm³/mol. The molecule has 1 aromatic heterocycles. The first-order valence-electron chi connectivity index (χ1n) is 9.16. The average Bonchev–Trinajstić information content (AvgIpc) is 3.22. The summed E-state index contributed by atoms with van der Waals surface area (Å²) in [6.45, 7) is 10.1. The van der Waals surface area contributed by atoms with Crippen molar-refractivity contribution >= 4 is 21.6 Å². The molecule has 0 spiro atoms. The van der Waals surface area contributed by atoms with Crippen molar-refractivity contribution in [2.24, 2.45) is 5.92 Å². The maximum atomic E-state index is 5.46. The van der Waals surface area contributed by atoms with Crippen LogP contribution in [0.3, 0.4) is 0 Å². The molecule has 5 heteroatoms. The van der Waals surface area contributed by atoms with Crippen molar-refractivity contribution < 1.29 is 4.74 Å². The van der Waals surface area contributed by atoms with E-state index in [1.54, 1.807) is 0 Å². The molecule has 0 radical (unpaired) electrons. The van der Waals surface area contributed by atoms with E-state index in [1.165, 1.54) is 35.8 Å². The number of hydrogen-bond donors (Lipinski definition) is 0. The molecule has 0 saturated carbocycles. The third kappa shape index (κ3) is 3.80. The molecule has 2 fully saturated rings. The lowest BCUT2D eigenvalue weighted by atomic mass is 10.1. The molecule has 0 N–H and O–H groups in total. The summed E-state index contributed by atoms with van der Waals surface area (Å²) >= 11 is 1.85. The van der Waals surface area contributed by atoms with Crippen LogP contribution in [0.15, 0.2) is 24.3 Å². The highest BCUT2D eigenvalue weighted by Gasteiger charge is 2.28. The maximum Gasteiger partial charge on any atom is 0.0954 e. The zero-order valence-corrected chi connectivity index (χ0v) is 15.3. The third-order valence-electron chi connectivity index (χ3n) is 5.37. The summed E-state index contributed by atoms with van der Waals surface area (Å²) in [7, 11) is 0. The number of hydrogen-bond acceptors (Lipinski definition) is 5. The standard InChI is InChI=1S/C19H27N3OS/c1-15(12-19-20-17-4-2-3-5-18(17)24-19)22-7-6-16(14-22)13-21-8-10-23-11-9-21/h2-5,15-16H,6-14H2,1H3/t15-,16+/m0/s1. The van der Waals surface area contributed by atoms with Crippen molar-refractivity contribution in [3.05, 3.63) is 29.3 Å². The van der Waals surface area contributed by atoms with E-state index in [4.69, 9.17) is 9.72 Å². The van der Waals surface area contributed by atoms with Gasteiger partial charge in [0.2, 0.25) is 0 Å². The highest BCUT2D eigenvalue weighted by atomic mass is 32.1. The van der Waals surface area contributed by atoms with E-state index in [0.29, 0.717) is 6.04 Å². The second-order valence-electron chi connectivity index (χ2n) is 7.19. The smallest absolute Gasteiger partial charge is 0.0954 e. The molecule has 0 bridgehead atoms. The number of nitrogens with zero attached hydrogens (tertiary/aromatic N) is 3. The minimum atomic E-state index is 0.584. The highest BCUT2D eigenvalue weighted by Crippen LogP contribution is 2.26. The Kier molecular flexibility index (Phi) is 5.13. The van der Waals surface area contributed by atoms with E-state index >= 15 is 0 Å². The molecule has 2 aliphatic rings. The molecule has 24 heavy (non-hydrogen) atoms. The van der Waals surface area contributed by atoms with E-state index in [-0.39, 0.29) is 0 Å². The molecule has 1 aromatic carbocycles. The molecule has 2 aromatic rings. The van der Waals surface area contributed by atoms with E-state index in [0.717, 1.165) is 44.2 Å². The topological polar surface area (TPSA) is 28.6 Å². The van der Waals surface area contributed by atoms with E-state index in [9.17, 15) is 0 Å². The van der Waals surface area contributed by atoms with Gasteiger partial charge in [-0.2, -0.15) is 0 Å². The molecular weight excluding hydrogens is 318 g/mol. The van der Waals surface area contributed by atoms with Gasteiger partial charge in [0.15, 0.2) is 0 Å². The summed E-state index contributed by atoms with van der Waals surface area (Å²) in [5, 5.41) is 1.28. The van der Waals surface area contributed by atoms with Gasteiger partial charge in [0, 0.05) is 38.6 Å². The Morgan fingerprint density at radius 1 is 1.25 bits per heavy atom. The first kappa shape index (κ1) is 16.5. The lowest BCUT2D eigenvalue weighted by molar-refractivity contribution is 0.0309. The Balaban J connectivity index is 1.31. The Bertz CT molecular complexity index is 634. The summed E-state index contributed by atoms with van der Waals surface area (Å²) in [6, 6.07) is 9.06. The van der Waals surface area contributed by atoms with Crippen molar-refractivity contribution in [1.82, 2.24) is 14.8 Å². The number of morpholine rings is 1. The SMILES string of the molecule is C[C@@H](Cc1nc2ccccc2s1)N1CC[C@H](CN2CCOCC2)C1. The fraction of sp³-hybridized carbons (Fsp3) is 0.632.